The number of hydrogen-bond donors (Lipinski definition) is 2. The zero-order valence-corrected chi connectivity index (χ0v) is 13.4. The molecule has 0 atom stereocenters. The third-order valence-electron chi connectivity index (χ3n) is 3.05. The highest BCUT2D eigenvalue weighted by atomic mass is 79.9. The second-order valence-electron chi connectivity index (χ2n) is 4.73. The van der Waals surface area contributed by atoms with Gasteiger partial charge in [-0.05, 0) is 31.0 Å². The fourth-order valence-electron chi connectivity index (χ4n) is 1.92. The minimum Gasteiger partial charge on any atom is -0.383 e. The quantitative estimate of drug-likeness (QED) is 0.875. The third kappa shape index (κ3) is 3.70. The number of nitrogens with one attached hydrogen (secondary N) is 1. The van der Waals surface area contributed by atoms with Crippen LogP contribution in [0.2, 0.25) is 0 Å². The maximum absolute atomic E-state index is 5.95. The standard InChI is InChI=1S/C15H19BrN4/c1-3-5-13-19-14(17)10(2)15(20-13)18-9-11-6-4-7-12(16)8-11/h4,6-8H,3,5,9H2,1-2H3,(H3,17,18,19,20). The highest BCUT2D eigenvalue weighted by molar-refractivity contribution is 9.10. The Morgan fingerprint density at radius 1 is 1.30 bits per heavy atom. The Kier molecular flexibility index (Phi) is 4.95. The molecule has 2 aromatic rings. The van der Waals surface area contributed by atoms with Crippen molar-refractivity contribution in [1.82, 2.24) is 9.97 Å². The summed E-state index contributed by atoms with van der Waals surface area (Å²) in [6.07, 6.45) is 1.85. The zero-order chi connectivity index (χ0) is 14.5. The van der Waals surface area contributed by atoms with Crippen LogP contribution in [0.4, 0.5) is 11.6 Å². The summed E-state index contributed by atoms with van der Waals surface area (Å²) in [5.74, 6) is 2.17. The number of nitrogen functional groups attached to an aromatic ring is 1. The van der Waals surface area contributed by atoms with Gasteiger partial charge in [-0.3, -0.25) is 0 Å². The SMILES string of the molecule is CCCc1nc(N)c(C)c(NCc2cccc(Br)c2)n1. The van der Waals surface area contributed by atoms with Crippen LogP contribution in [-0.4, -0.2) is 9.97 Å². The molecule has 1 aromatic carbocycles. The van der Waals surface area contributed by atoms with Gasteiger partial charge < -0.3 is 11.1 Å². The van der Waals surface area contributed by atoms with Crippen molar-refractivity contribution >= 4 is 27.6 Å². The largest absolute Gasteiger partial charge is 0.383 e. The van der Waals surface area contributed by atoms with E-state index < -0.39 is 0 Å². The number of aromatic nitrogens is 2. The molecule has 0 fully saturated rings. The highest BCUT2D eigenvalue weighted by Crippen LogP contribution is 2.19. The molecular weight excluding hydrogens is 316 g/mol. The molecule has 0 aliphatic carbocycles. The van der Waals surface area contributed by atoms with Gasteiger partial charge in [0.2, 0.25) is 0 Å². The molecule has 0 spiro atoms. The van der Waals surface area contributed by atoms with Gasteiger partial charge in [0.15, 0.2) is 0 Å². The first kappa shape index (κ1) is 14.8. The monoisotopic (exact) mass is 334 g/mol. The number of rotatable bonds is 5. The van der Waals surface area contributed by atoms with Crippen LogP contribution in [0, 0.1) is 6.92 Å². The van der Waals surface area contributed by atoms with Gasteiger partial charge in [-0.25, -0.2) is 9.97 Å². The van der Waals surface area contributed by atoms with Gasteiger partial charge in [0.25, 0.3) is 0 Å². The average Bonchev–Trinajstić information content (AvgIpc) is 2.41. The summed E-state index contributed by atoms with van der Waals surface area (Å²) in [6.45, 7) is 4.75. The van der Waals surface area contributed by atoms with Crippen LogP contribution in [0.5, 0.6) is 0 Å². The zero-order valence-electron chi connectivity index (χ0n) is 11.8. The molecule has 1 aromatic heterocycles. The van der Waals surface area contributed by atoms with E-state index in [1.807, 2.05) is 19.1 Å². The lowest BCUT2D eigenvalue weighted by Crippen LogP contribution is -2.09. The summed E-state index contributed by atoms with van der Waals surface area (Å²) in [5, 5.41) is 3.34. The summed E-state index contributed by atoms with van der Waals surface area (Å²) >= 11 is 3.47. The molecule has 4 nitrogen and oxygen atoms in total. The van der Waals surface area contributed by atoms with E-state index in [9.17, 15) is 0 Å². The van der Waals surface area contributed by atoms with Crippen molar-refractivity contribution in [3.63, 3.8) is 0 Å². The van der Waals surface area contributed by atoms with Crippen LogP contribution in [-0.2, 0) is 13.0 Å². The van der Waals surface area contributed by atoms with Gasteiger partial charge in [-0.15, -0.1) is 0 Å². The molecule has 5 heteroatoms. The minimum absolute atomic E-state index is 0.556. The molecule has 1 heterocycles. The number of nitrogens with two attached hydrogens (primary N) is 1. The molecule has 0 saturated heterocycles. The average molecular weight is 335 g/mol. The number of hydrogen-bond acceptors (Lipinski definition) is 4. The molecular formula is C15H19BrN4. The molecule has 20 heavy (non-hydrogen) atoms. The molecule has 2 rings (SSSR count). The lowest BCUT2D eigenvalue weighted by molar-refractivity contribution is 0.833. The second kappa shape index (κ2) is 6.70. The fourth-order valence-corrected chi connectivity index (χ4v) is 2.37. The van der Waals surface area contributed by atoms with Gasteiger partial charge in [-0.2, -0.15) is 0 Å². The Labute approximate surface area is 128 Å². The fraction of sp³-hybridized carbons (Fsp3) is 0.333. The first-order chi connectivity index (χ1) is 9.60. The Morgan fingerprint density at radius 3 is 2.80 bits per heavy atom. The maximum atomic E-state index is 5.95. The summed E-state index contributed by atoms with van der Waals surface area (Å²) < 4.78 is 1.07. The molecule has 106 valence electrons. The lowest BCUT2D eigenvalue weighted by atomic mass is 10.2. The van der Waals surface area contributed by atoms with Crippen LogP contribution in [0.3, 0.4) is 0 Å². The molecule has 0 saturated carbocycles. The molecule has 0 radical (unpaired) electrons. The summed E-state index contributed by atoms with van der Waals surface area (Å²) in [4.78, 5) is 8.86. The molecule has 0 amide bonds. The summed E-state index contributed by atoms with van der Waals surface area (Å²) in [6, 6.07) is 8.19. The summed E-state index contributed by atoms with van der Waals surface area (Å²) in [5.41, 5.74) is 8.04. The maximum Gasteiger partial charge on any atom is 0.135 e. The summed E-state index contributed by atoms with van der Waals surface area (Å²) in [7, 11) is 0. The minimum atomic E-state index is 0.556. The predicted molar refractivity (Wildman–Crippen MR) is 86.6 cm³/mol. The first-order valence-electron chi connectivity index (χ1n) is 6.71. The normalized spacial score (nSPS) is 10.6. The molecule has 3 N–H and O–H groups in total. The Morgan fingerprint density at radius 2 is 2.10 bits per heavy atom. The smallest absolute Gasteiger partial charge is 0.135 e. The van der Waals surface area contributed by atoms with Crippen molar-refractivity contribution in [1.29, 1.82) is 0 Å². The number of aryl methyl sites for hydroxylation is 1. The Bertz CT molecular complexity index is 598. The van der Waals surface area contributed by atoms with E-state index >= 15 is 0 Å². The van der Waals surface area contributed by atoms with Gasteiger partial charge in [-0.1, -0.05) is 35.0 Å². The van der Waals surface area contributed by atoms with Crippen LogP contribution in [0.15, 0.2) is 28.7 Å². The second-order valence-corrected chi connectivity index (χ2v) is 5.65. The van der Waals surface area contributed by atoms with Crippen molar-refractivity contribution in [3.05, 3.63) is 45.7 Å². The number of nitrogens with zero attached hydrogens (tertiary/aromatic N) is 2. The van der Waals surface area contributed by atoms with Crippen LogP contribution in [0.25, 0.3) is 0 Å². The Balaban J connectivity index is 2.16. The van der Waals surface area contributed by atoms with E-state index in [4.69, 9.17) is 5.73 Å². The van der Waals surface area contributed by atoms with E-state index in [0.717, 1.165) is 34.5 Å². The van der Waals surface area contributed by atoms with Crippen LogP contribution in [0.1, 0.15) is 30.3 Å². The molecule has 0 bridgehead atoms. The lowest BCUT2D eigenvalue weighted by Gasteiger charge is -2.12. The van der Waals surface area contributed by atoms with Crippen molar-refractivity contribution in [2.24, 2.45) is 0 Å². The first-order valence-corrected chi connectivity index (χ1v) is 7.50. The van der Waals surface area contributed by atoms with Gasteiger partial charge in [0.05, 0.1) is 0 Å². The van der Waals surface area contributed by atoms with E-state index in [-0.39, 0.29) is 0 Å². The number of halogens is 1. The van der Waals surface area contributed by atoms with E-state index in [0.29, 0.717) is 12.4 Å². The van der Waals surface area contributed by atoms with E-state index in [1.165, 1.54) is 5.56 Å². The van der Waals surface area contributed by atoms with Crippen LogP contribution >= 0.6 is 15.9 Å². The molecule has 0 aliphatic rings. The van der Waals surface area contributed by atoms with Crippen molar-refractivity contribution in [2.75, 3.05) is 11.1 Å². The number of benzene rings is 1. The molecule has 0 unspecified atom stereocenters. The van der Waals surface area contributed by atoms with Crippen molar-refractivity contribution in [3.8, 4) is 0 Å². The highest BCUT2D eigenvalue weighted by Gasteiger charge is 2.08. The van der Waals surface area contributed by atoms with Gasteiger partial charge in [0, 0.05) is 23.0 Å². The third-order valence-corrected chi connectivity index (χ3v) is 3.55. The number of anilines is 2. The molecule has 0 aliphatic heterocycles. The Hall–Kier alpha value is -1.62. The van der Waals surface area contributed by atoms with Crippen molar-refractivity contribution < 1.29 is 0 Å². The topological polar surface area (TPSA) is 63.8 Å². The van der Waals surface area contributed by atoms with Gasteiger partial charge in [0.1, 0.15) is 17.5 Å². The van der Waals surface area contributed by atoms with Crippen LogP contribution < -0.4 is 11.1 Å². The predicted octanol–water partition coefficient (Wildman–Crippen LogP) is 3.69. The van der Waals surface area contributed by atoms with E-state index in [2.05, 4.69) is 50.3 Å². The van der Waals surface area contributed by atoms with Crippen molar-refractivity contribution in [2.45, 2.75) is 33.2 Å². The van der Waals surface area contributed by atoms with E-state index in [1.54, 1.807) is 0 Å². The van der Waals surface area contributed by atoms with Gasteiger partial charge >= 0.3 is 0 Å².